The van der Waals surface area contributed by atoms with E-state index < -0.39 is 12.0 Å². The quantitative estimate of drug-likeness (QED) is 0.593. The minimum absolute atomic E-state index is 0.406. The largest absolute Gasteiger partial charge is 0.480 e. The van der Waals surface area contributed by atoms with Crippen molar-refractivity contribution in [2.24, 2.45) is 0 Å². The highest BCUT2D eigenvalue weighted by atomic mass is 16.4. The van der Waals surface area contributed by atoms with Crippen molar-refractivity contribution in [3.63, 3.8) is 0 Å². The summed E-state index contributed by atoms with van der Waals surface area (Å²) in [6, 6.07) is -0.406. The Kier molecular flexibility index (Phi) is 8.84. The molecule has 6 nitrogen and oxygen atoms in total. The Morgan fingerprint density at radius 1 is 1.19 bits per heavy atom. The molecule has 0 radical (unpaired) electrons. The van der Waals surface area contributed by atoms with Gasteiger partial charge in [-0.05, 0) is 33.5 Å². The molecule has 0 aromatic heterocycles. The first kappa shape index (κ1) is 18.4. The number of nitrogens with one attached hydrogen (secondary N) is 1. The molecule has 1 atom stereocenters. The van der Waals surface area contributed by atoms with Gasteiger partial charge in [0.1, 0.15) is 6.04 Å². The number of piperazine rings is 1. The zero-order chi connectivity index (χ0) is 15.7. The Hall–Kier alpha value is -0.690. The van der Waals surface area contributed by atoms with E-state index in [1.54, 1.807) is 0 Å². The molecule has 1 unspecified atom stereocenters. The van der Waals surface area contributed by atoms with E-state index in [2.05, 4.69) is 41.0 Å². The van der Waals surface area contributed by atoms with Crippen LogP contribution in [0.4, 0.5) is 0 Å². The monoisotopic (exact) mass is 300 g/mol. The van der Waals surface area contributed by atoms with Crippen molar-refractivity contribution in [2.75, 3.05) is 66.5 Å². The Morgan fingerprint density at radius 2 is 1.76 bits per heavy atom. The molecule has 1 saturated heterocycles. The number of hydrogen-bond acceptors (Lipinski definition) is 5. The van der Waals surface area contributed by atoms with Crippen molar-refractivity contribution in [2.45, 2.75) is 25.8 Å². The van der Waals surface area contributed by atoms with Gasteiger partial charge in [0.25, 0.3) is 0 Å². The minimum Gasteiger partial charge on any atom is -0.480 e. The number of carboxylic acid groups (broad SMARTS) is 1. The maximum atomic E-state index is 11.2. The smallest absolute Gasteiger partial charge is 0.320 e. The van der Waals surface area contributed by atoms with Crippen molar-refractivity contribution >= 4 is 5.97 Å². The van der Waals surface area contributed by atoms with Gasteiger partial charge in [-0.25, -0.2) is 0 Å². The molecule has 0 aliphatic carbocycles. The van der Waals surface area contributed by atoms with Gasteiger partial charge in [-0.3, -0.25) is 9.69 Å². The summed E-state index contributed by atoms with van der Waals surface area (Å²) in [5, 5.41) is 12.3. The van der Waals surface area contributed by atoms with E-state index >= 15 is 0 Å². The van der Waals surface area contributed by atoms with E-state index in [4.69, 9.17) is 0 Å². The molecule has 0 aromatic rings. The van der Waals surface area contributed by atoms with Gasteiger partial charge in [-0.15, -0.1) is 0 Å². The number of carbonyl (C=O) groups is 1. The normalized spacial score (nSPS) is 19.0. The van der Waals surface area contributed by atoms with Crippen molar-refractivity contribution in [1.82, 2.24) is 20.0 Å². The summed E-state index contributed by atoms with van der Waals surface area (Å²) in [7, 11) is 4.21. The number of carboxylic acids is 1. The lowest BCUT2D eigenvalue weighted by Gasteiger charge is -2.35. The fourth-order valence-electron chi connectivity index (χ4n) is 2.52. The predicted octanol–water partition coefficient (Wildman–Crippen LogP) is 0.00850. The van der Waals surface area contributed by atoms with Gasteiger partial charge in [0.2, 0.25) is 0 Å². The van der Waals surface area contributed by atoms with E-state index in [0.717, 1.165) is 58.8 Å². The lowest BCUT2D eigenvalue weighted by atomic mass is 10.2. The summed E-state index contributed by atoms with van der Waals surface area (Å²) >= 11 is 0. The standard InChI is InChI=1S/C15H32N4O2/c1-4-6-16-14(15(20)21)5-7-18-10-12-19(13-11-18)9-8-17(2)3/h14,16H,4-13H2,1-3H3,(H,20,21). The van der Waals surface area contributed by atoms with Crippen LogP contribution in [-0.2, 0) is 4.79 Å². The van der Waals surface area contributed by atoms with Gasteiger partial charge in [-0.2, -0.15) is 0 Å². The van der Waals surface area contributed by atoms with E-state index in [1.807, 2.05) is 0 Å². The van der Waals surface area contributed by atoms with Crippen LogP contribution < -0.4 is 5.32 Å². The first-order valence-electron chi connectivity index (χ1n) is 8.08. The molecule has 0 spiro atoms. The van der Waals surface area contributed by atoms with E-state index in [1.165, 1.54) is 0 Å². The summed E-state index contributed by atoms with van der Waals surface area (Å²) < 4.78 is 0. The summed E-state index contributed by atoms with van der Waals surface area (Å²) in [4.78, 5) is 18.3. The zero-order valence-electron chi connectivity index (χ0n) is 13.8. The van der Waals surface area contributed by atoms with Gasteiger partial charge in [0.05, 0.1) is 0 Å². The van der Waals surface area contributed by atoms with Crippen molar-refractivity contribution in [3.05, 3.63) is 0 Å². The molecule has 2 N–H and O–H groups in total. The van der Waals surface area contributed by atoms with E-state index in [9.17, 15) is 9.90 Å². The second-order valence-electron chi connectivity index (χ2n) is 6.12. The molecule has 1 aliphatic rings. The second kappa shape index (κ2) is 10.1. The van der Waals surface area contributed by atoms with Gasteiger partial charge in [0.15, 0.2) is 0 Å². The highest BCUT2D eigenvalue weighted by Gasteiger charge is 2.20. The van der Waals surface area contributed by atoms with Crippen molar-refractivity contribution < 1.29 is 9.90 Å². The van der Waals surface area contributed by atoms with E-state index in [-0.39, 0.29) is 0 Å². The van der Waals surface area contributed by atoms with Crippen LogP contribution in [0.2, 0.25) is 0 Å². The topological polar surface area (TPSA) is 59.0 Å². The molecular formula is C15H32N4O2. The fraction of sp³-hybridized carbons (Fsp3) is 0.933. The maximum Gasteiger partial charge on any atom is 0.320 e. The third-order valence-electron chi connectivity index (χ3n) is 4.00. The van der Waals surface area contributed by atoms with Gasteiger partial charge in [-0.1, -0.05) is 6.92 Å². The number of likely N-dealkylation sites (N-methyl/N-ethyl adjacent to an activating group) is 1. The number of nitrogens with zero attached hydrogens (tertiary/aromatic N) is 3. The van der Waals surface area contributed by atoms with Crippen LogP contribution in [0.3, 0.4) is 0 Å². The first-order valence-corrected chi connectivity index (χ1v) is 8.08. The highest BCUT2D eigenvalue weighted by molar-refractivity contribution is 5.73. The lowest BCUT2D eigenvalue weighted by Crippen LogP contribution is -2.49. The summed E-state index contributed by atoms with van der Waals surface area (Å²) in [6.07, 6.45) is 1.65. The van der Waals surface area contributed by atoms with Crippen LogP contribution in [-0.4, -0.2) is 98.3 Å². The van der Waals surface area contributed by atoms with Crippen LogP contribution >= 0.6 is 0 Å². The van der Waals surface area contributed by atoms with Gasteiger partial charge in [0, 0.05) is 45.8 Å². The molecule has 1 aliphatic heterocycles. The Morgan fingerprint density at radius 3 is 2.24 bits per heavy atom. The third-order valence-corrected chi connectivity index (χ3v) is 4.00. The number of hydrogen-bond donors (Lipinski definition) is 2. The highest BCUT2D eigenvalue weighted by Crippen LogP contribution is 2.04. The third kappa shape index (κ3) is 7.76. The Labute approximate surface area is 129 Å². The molecule has 124 valence electrons. The Bertz CT molecular complexity index is 291. The maximum absolute atomic E-state index is 11.2. The molecule has 1 rings (SSSR count). The predicted molar refractivity (Wildman–Crippen MR) is 85.8 cm³/mol. The van der Waals surface area contributed by atoms with Crippen molar-refractivity contribution in [1.29, 1.82) is 0 Å². The van der Waals surface area contributed by atoms with Crippen LogP contribution in [0.5, 0.6) is 0 Å². The van der Waals surface area contributed by atoms with Crippen LogP contribution in [0.15, 0.2) is 0 Å². The molecule has 1 heterocycles. The SMILES string of the molecule is CCCNC(CCN1CCN(CCN(C)C)CC1)C(=O)O. The molecular weight excluding hydrogens is 268 g/mol. The molecule has 1 fully saturated rings. The summed E-state index contributed by atoms with van der Waals surface area (Å²) in [5.74, 6) is -0.729. The summed E-state index contributed by atoms with van der Waals surface area (Å²) in [5.41, 5.74) is 0. The average Bonchev–Trinajstić information content (AvgIpc) is 2.46. The fourth-order valence-corrected chi connectivity index (χ4v) is 2.52. The zero-order valence-corrected chi connectivity index (χ0v) is 13.8. The summed E-state index contributed by atoms with van der Waals surface area (Å²) in [6.45, 7) is 10.2. The van der Waals surface area contributed by atoms with Crippen molar-refractivity contribution in [3.8, 4) is 0 Å². The minimum atomic E-state index is -0.729. The lowest BCUT2D eigenvalue weighted by molar-refractivity contribution is -0.139. The number of aliphatic carboxylic acids is 1. The van der Waals surface area contributed by atoms with Crippen LogP contribution in [0.1, 0.15) is 19.8 Å². The van der Waals surface area contributed by atoms with Gasteiger partial charge >= 0.3 is 5.97 Å². The first-order chi connectivity index (χ1) is 10.0. The van der Waals surface area contributed by atoms with Crippen LogP contribution in [0.25, 0.3) is 0 Å². The molecule has 21 heavy (non-hydrogen) atoms. The molecule has 0 amide bonds. The second-order valence-corrected chi connectivity index (χ2v) is 6.12. The molecule has 6 heteroatoms. The Balaban J connectivity index is 2.20. The van der Waals surface area contributed by atoms with E-state index in [0.29, 0.717) is 6.42 Å². The van der Waals surface area contributed by atoms with Crippen LogP contribution in [0, 0.1) is 0 Å². The molecule has 0 saturated carbocycles. The number of rotatable bonds is 10. The molecule has 0 bridgehead atoms. The molecule has 0 aromatic carbocycles. The average molecular weight is 300 g/mol. The van der Waals surface area contributed by atoms with Gasteiger partial charge < -0.3 is 20.2 Å².